The predicted molar refractivity (Wildman–Crippen MR) is 58.6 cm³/mol. The fourth-order valence-electron chi connectivity index (χ4n) is 3.19. The zero-order valence-corrected chi connectivity index (χ0v) is 9.09. The van der Waals surface area contributed by atoms with Crippen molar-refractivity contribution in [3.63, 3.8) is 0 Å². The molecule has 2 fully saturated rings. The first-order valence-electron chi connectivity index (χ1n) is 5.56. The summed E-state index contributed by atoms with van der Waals surface area (Å²) in [6.45, 7) is 0. The number of hydrogen-bond acceptors (Lipinski definition) is 2. The van der Waals surface area contributed by atoms with Gasteiger partial charge in [0, 0.05) is 5.41 Å². The van der Waals surface area contributed by atoms with Crippen LogP contribution in [0.1, 0.15) is 24.3 Å². The third-order valence-electron chi connectivity index (χ3n) is 4.31. The minimum atomic E-state index is -1.53. The first-order chi connectivity index (χ1) is 8.04. The molecule has 2 saturated carbocycles. The maximum Gasteiger partial charge on any atom is 0.321 e. The summed E-state index contributed by atoms with van der Waals surface area (Å²) < 4.78 is 0. The number of hydrogen-bond donors (Lipinski definition) is 2. The molecule has 0 radical (unpaired) electrons. The van der Waals surface area contributed by atoms with Crippen LogP contribution in [0.15, 0.2) is 30.3 Å². The Bertz CT molecular complexity index is 493. The minimum Gasteiger partial charge on any atom is -0.480 e. The molecular formula is C13H12O4. The molecule has 3 rings (SSSR count). The predicted octanol–water partition coefficient (Wildman–Crippen LogP) is 1.72. The monoisotopic (exact) mass is 232 g/mol. The summed E-state index contributed by atoms with van der Waals surface area (Å²) in [5.74, 6) is -2.29. The van der Waals surface area contributed by atoms with Crippen molar-refractivity contribution in [3.05, 3.63) is 35.9 Å². The van der Waals surface area contributed by atoms with Gasteiger partial charge in [0.1, 0.15) is 0 Å². The third kappa shape index (κ3) is 1.07. The summed E-state index contributed by atoms with van der Waals surface area (Å²) in [5.41, 5.74) is -1.00. The van der Waals surface area contributed by atoms with Gasteiger partial charge in [-0.3, -0.25) is 9.59 Å². The van der Waals surface area contributed by atoms with E-state index in [1.54, 1.807) is 0 Å². The van der Waals surface area contributed by atoms with E-state index in [0.717, 1.165) is 5.56 Å². The van der Waals surface area contributed by atoms with Crippen molar-refractivity contribution in [2.45, 2.75) is 18.8 Å². The van der Waals surface area contributed by atoms with Crippen LogP contribution in [0, 0.1) is 10.8 Å². The number of rotatable bonds is 3. The Kier molecular flexibility index (Phi) is 1.75. The van der Waals surface area contributed by atoms with Gasteiger partial charge in [0.25, 0.3) is 0 Å². The molecule has 0 bridgehead atoms. The molecule has 4 heteroatoms. The SMILES string of the molecule is O=C(O)C1(C(=O)O)C[C@@]12C[C@H]2c1ccccc1. The van der Waals surface area contributed by atoms with Crippen molar-refractivity contribution < 1.29 is 19.8 Å². The maximum atomic E-state index is 11.2. The Morgan fingerprint density at radius 3 is 2.18 bits per heavy atom. The van der Waals surface area contributed by atoms with E-state index in [4.69, 9.17) is 10.2 Å². The van der Waals surface area contributed by atoms with Crippen molar-refractivity contribution in [1.29, 1.82) is 0 Å². The molecule has 2 atom stereocenters. The van der Waals surface area contributed by atoms with Crippen LogP contribution in [0.3, 0.4) is 0 Å². The van der Waals surface area contributed by atoms with Gasteiger partial charge in [0.05, 0.1) is 0 Å². The molecule has 2 aliphatic carbocycles. The third-order valence-corrected chi connectivity index (χ3v) is 4.31. The molecular weight excluding hydrogens is 220 g/mol. The van der Waals surface area contributed by atoms with E-state index in [1.807, 2.05) is 30.3 Å². The second-order valence-corrected chi connectivity index (χ2v) is 5.02. The van der Waals surface area contributed by atoms with Crippen molar-refractivity contribution in [2.75, 3.05) is 0 Å². The van der Waals surface area contributed by atoms with Crippen molar-refractivity contribution in [2.24, 2.45) is 10.8 Å². The van der Waals surface area contributed by atoms with E-state index >= 15 is 0 Å². The summed E-state index contributed by atoms with van der Waals surface area (Å²) in [6, 6.07) is 9.56. The van der Waals surface area contributed by atoms with Gasteiger partial charge in [0.15, 0.2) is 5.41 Å². The lowest BCUT2D eigenvalue weighted by Gasteiger charge is -2.06. The van der Waals surface area contributed by atoms with Crippen LogP contribution in [-0.2, 0) is 9.59 Å². The lowest BCUT2D eigenvalue weighted by atomic mass is 9.99. The first kappa shape index (κ1) is 10.3. The molecule has 88 valence electrons. The molecule has 0 saturated heterocycles. The second-order valence-electron chi connectivity index (χ2n) is 5.02. The van der Waals surface area contributed by atoms with E-state index in [9.17, 15) is 9.59 Å². The smallest absolute Gasteiger partial charge is 0.321 e. The fraction of sp³-hybridized carbons (Fsp3) is 0.385. The molecule has 4 nitrogen and oxygen atoms in total. The summed E-state index contributed by atoms with van der Waals surface area (Å²) in [7, 11) is 0. The van der Waals surface area contributed by atoms with E-state index in [2.05, 4.69) is 0 Å². The molecule has 0 aromatic heterocycles. The van der Waals surface area contributed by atoms with Crippen LogP contribution >= 0.6 is 0 Å². The Morgan fingerprint density at radius 1 is 1.12 bits per heavy atom. The average Bonchev–Trinajstić information content (AvgIpc) is 3.18. The normalized spacial score (nSPS) is 32.1. The van der Waals surface area contributed by atoms with Gasteiger partial charge in [0.2, 0.25) is 0 Å². The standard InChI is InChI=1S/C13H12O4/c14-10(15)13(11(16)17)7-12(13)6-9(12)8-4-2-1-3-5-8/h1-5,9H,6-7H2,(H,14,15)(H,16,17)/t9-,12+/m0/s1. The number of carboxylic acid groups (broad SMARTS) is 2. The molecule has 1 spiro atoms. The molecule has 2 N–H and O–H groups in total. The summed E-state index contributed by atoms with van der Waals surface area (Å²) in [6.07, 6.45) is 0.944. The lowest BCUT2D eigenvalue weighted by molar-refractivity contribution is -0.158. The Balaban J connectivity index is 1.91. The summed E-state index contributed by atoms with van der Waals surface area (Å²) in [5, 5.41) is 18.3. The average molecular weight is 232 g/mol. The van der Waals surface area contributed by atoms with Crippen LogP contribution in [-0.4, -0.2) is 22.2 Å². The molecule has 1 aromatic rings. The quantitative estimate of drug-likeness (QED) is 0.778. The fourth-order valence-corrected chi connectivity index (χ4v) is 3.19. The molecule has 1 aromatic carbocycles. The number of aliphatic carboxylic acids is 2. The van der Waals surface area contributed by atoms with Crippen LogP contribution < -0.4 is 0 Å². The molecule has 0 heterocycles. The second kappa shape index (κ2) is 2.88. The zero-order chi connectivity index (χ0) is 12.3. The maximum absolute atomic E-state index is 11.2. The van der Waals surface area contributed by atoms with Gasteiger partial charge >= 0.3 is 11.9 Å². The number of carboxylic acids is 2. The van der Waals surface area contributed by atoms with Crippen molar-refractivity contribution >= 4 is 11.9 Å². The van der Waals surface area contributed by atoms with Gasteiger partial charge in [-0.1, -0.05) is 30.3 Å². The number of benzene rings is 1. The molecule has 2 aliphatic rings. The highest BCUT2D eigenvalue weighted by Gasteiger charge is 2.87. The topological polar surface area (TPSA) is 74.6 Å². The number of carbonyl (C=O) groups is 2. The lowest BCUT2D eigenvalue weighted by Crippen LogP contribution is -2.28. The minimum absolute atomic E-state index is 0.0934. The van der Waals surface area contributed by atoms with Crippen LogP contribution in [0.25, 0.3) is 0 Å². The highest BCUT2D eigenvalue weighted by Crippen LogP contribution is 2.84. The Labute approximate surface area is 97.9 Å². The largest absolute Gasteiger partial charge is 0.480 e. The van der Waals surface area contributed by atoms with Crippen LogP contribution in [0.4, 0.5) is 0 Å². The van der Waals surface area contributed by atoms with E-state index in [0.29, 0.717) is 6.42 Å². The Morgan fingerprint density at radius 2 is 1.71 bits per heavy atom. The van der Waals surface area contributed by atoms with Gasteiger partial charge in [-0.05, 0) is 24.3 Å². The highest BCUT2D eigenvalue weighted by molar-refractivity contribution is 6.04. The van der Waals surface area contributed by atoms with Crippen molar-refractivity contribution in [1.82, 2.24) is 0 Å². The van der Waals surface area contributed by atoms with Crippen LogP contribution in [0.5, 0.6) is 0 Å². The van der Waals surface area contributed by atoms with Crippen molar-refractivity contribution in [3.8, 4) is 0 Å². The summed E-state index contributed by atoms with van der Waals surface area (Å²) in [4.78, 5) is 22.4. The molecule has 0 amide bonds. The van der Waals surface area contributed by atoms with Crippen LogP contribution in [0.2, 0.25) is 0 Å². The zero-order valence-electron chi connectivity index (χ0n) is 9.09. The van der Waals surface area contributed by atoms with Gasteiger partial charge in [-0.25, -0.2) is 0 Å². The summed E-state index contributed by atoms with van der Waals surface area (Å²) >= 11 is 0. The molecule has 17 heavy (non-hydrogen) atoms. The molecule has 0 unspecified atom stereocenters. The van der Waals surface area contributed by atoms with E-state index in [-0.39, 0.29) is 12.3 Å². The molecule has 0 aliphatic heterocycles. The highest BCUT2D eigenvalue weighted by atomic mass is 16.4. The van der Waals surface area contributed by atoms with Gasteiger partial charge < -0.3 is 10.2 Å². The van der Waals surface area contributed by atoms with E-state index < -0.39 is 22.8 Å². The first-order valence-corrected chi connectivity index (χ1v) is 5.56. The Hall–Kier alpha value is -1.84. The van der Waals surface area contributed by atoms with Gasteiger partial charge in [-0.15, -0.1) is 0 Å². The van der Waals surface area contributed by atoms with E-state index in [1.165, 1.54) is 0 Å². The van der Waals surface area contributed by atoms with Gasteiger partial charge in [-0.2, -0.15) is 0 Å².